The lowest BCUT2D eigenvalue weighted by Crippen LogP contribution is -2.48. The van der Waals surface area contributed by atoms with E-state index < -0.39 is 22.0 Å². The molecule has 1 atom stereocenters. The Morgan fingerprint density at radius 2 is 1.78 bits per heavy atom. The van der Waals surface area contributed by atoms with Crippen LogP contribution in [-0.2, 0) is 21.2 Å². The van der Waals surface area contributed by atoms with Crippen molar-refractivity contribution in [3.05, 3.63) is 60.2 Å². The average molecular weight is 392 g/mol. The molecular weight excluding hydrogens is 368 g/mol. The third-order valence-electron chi connectivity index (χ3n) is 3.75. The Balaban J connectivity index is 2.19. The molecule has 3 N–H and O–H groups in total. The number of rotatable bonds is 10. The Morgan fingerprint density at radius 3 is 2.37 bits per heavy atom. The Kier molecular flexibility index (Phi) is 7.78. The molecule has 2 rings (SSSR count). The van der Waals surface area contributed by atoms with Crippen LogP contribution in [0.3, 0.4) is 0 Å². The maximum absolute atomic E-state index is 12.7. The van der Waals surface area contributed by atoms with Crippen molar-refractivity contribution in [3.63, 3.8) is 0 Å². The van der Waals surface area contributed by atoms with Gasteiger partial charge < -0.3 is 15.2 Å². The molecule has 0 aromatic heterocycles. The Morgan fingerprint density at radius 1 is 1.11 bits per heavy atom. The number of nitrogens with one attached hydrogen (secondary N) is 2. The van der Waals surface area contributed by atoms with Crippen molar-refractivity contribution in [1.29, 1.82) is 0 Å². The fraction of sp³-hybridized carbons (Fsp3) is 0.316. The number of ether oxygens (including phenoxy) is 1. The van der Waals surface area contributed by atoms with E-state index in [9.17, 15) is 13.2 Å². The highest BCUT2D eigenvalue weighted by atomic mass is 32.2. The molecule has 7 nitrogen and oxygen atoms in total. The standard InChI is InChI=1S/C19H24N2O5S/c1-2-26-16-8-10-17(11-9-16)27(24,25)21-18(19(23)20-12-13-22)14-15-6-4-3-5-7-15/h3-11,18,21-22H,2,12-14H2,1H3,(H,20,23)/t18-/m0/s1. The normalized spacial score (nSPS) is 12.4. The zero-order valence-corrected chi connectivity index (χ0v) is 15.9. The van der Waals surface area contributed by atoms with Crippen LogP contribution in [0.15, 0.2) is 59.5 Å². The SMILES string of the molecule is CCOc1ccc(S(=O)(=O)N[C@@H](Cc2ccccc2)C(=O)NCCO)cc1. The van der Waals surface area contributed by atoms with Crippen LogP contribution in [0.4, 0.5) is 0 Å². The van der Waals surface area contributed by atoms with Gasteiger partial charge in [-0.25, -0.2) is 8.42 Å². The summed E-state index contributed by atoms with van der Waals surface area (Å²) < 4.78 is 33.2. The first kappa shape index (κ1) is 20.9. The highest BCUT2D eigenvalue weighted by Gasteiger charge is 2.26. The van der Waals surface area contributed by atoms with E-state index in [-0.39, 0.29) is 24.5 Å². The Labute approximate surface area is 159 Å². The minimum atomic E-state index is -3.91. The van der Waals surface area contributed by atoms with E-state index in [1.807, 2.05) is 37.3 Å². The predicted octanol–water partition coefficient (Wildman–Crippen LogP) is 1.08. The molecule has 0 fully saturated rings. The van der Waals surface area contributed by atoms with Crippen LogP contribution < -0.4 is 14.8 Å². The first-order valence-electron chi connectivity index (χ1n) is 8.64. The number of sulfonamides is 1. The van der Waals surface area contributed by atoms with E-state index >= 15 is 0 Å². The summed E-state index contributed by atoms with van der Waals surface area (Å²) in [5.41, 5.74) is 0.816. The van der Waals surface area contributed by atoms with Gasteiger partial charge in [-0.1, -0.05) is 30.3 Å². The summed E-state index contributed by atoms with van der Waals surface area (Å²) in [6.07, 6.45) is 0.189. The number of aliphatic hydroxyl groups excluding tert-OH is 1. The Bertz CT molecular complexity index is 823. The van der Waals surface area contributed by atoms with Gasteiger partial charge >= 0.3 is 0 Å². The van der Waals surface area contributed by atoms with Crippen molar-refractivity contribution in [2.45, 2.75) is 24.3 Å². The zero-order chi connectivity index (χ0) is 19.7. The van der Waals surface area contributed by atoms with Crippen LogP contribution in [0, 0.1) is 0 Å². The number of hydrogen-bond acceptors (Lipinski definition) is 5. The summed E-state index contributed by atoms with van der Waals surface area (Å²) in [4.78, 5) is 12.4. The minimum absolute atomic E-state index is 0.0407. The van der Waals surface area contributed by atoms with Crippen molar-refractivity contribution < 1.29 is 23.1 Å². The minimum Gasteiger partial charge on any atom is -0.494 e. The summed E-state index contributed by atoms with van der Waals surface area (Å²) in [5.74, 6) is 0.0698. The summed E-state index contributed by atoms with van der Waals surface area (Å²) >= 11 is 0. The van der Waals surface area contributed by atoms with Gasteiger partial charge in [0.15, 0.2) is 0 Å². The van der Waals surface area contributed by atoms with E-state index in [0.717, 1.165) is 5.56 Å². The van der Waals surface area contributed by atoms with Crippen LogP contribution in [0.1, 0.15) is 12.5 Å². The number of carbonyl (C=O) groups is 1. The average Bonchev–Trinajstić information content (AvgIpc) is 2.67. The van der Waals surface area contributed by atoms with Crippen LogP contribution >= 0.6 is 0 Å². The number of benzene rings is 2. The molecular formula is C19H24N2O5S. The van der Waals surface area contributed by atoms with Crippen molar-refractivity contribution in [2.24, 2.45) is 0 Å². The van der Waals surface area contributed by atoms with Crippen LogP contribution in [-0.4, -0.2) is 45.2 Å². The van der Waals surface area contributed by atoms with Gasteiger partial charge in [0.1, 0.15) is 11.8 Å². The summed E-state index contributed by atoms with van der Waals surface area (Å²) in [7, 11) is -3.91. The molecule has 0 heterocycles. The molecule has 0 radical (unpaired) electrons. The second-order valence-corrected chi connectivity index (χ2v) is 7.50. The molecule has 1 amide bonds. The van der Waals surface area contributed by atoms with Crippen molar-refractivity contribution >= 4 is 15.9 Å². The summed E-state index contributed by atoms with van der Waals surface area (Å²) in [5, 5.41) is 11.4. The first-order valence-corrected chi connectivity index (χ1v) is 10.1. The molecule has 146 valence electrons. The molecule has 0 bridgehead atoms. The zero-order valence-electron chi connectivity index (χ0n) is 15.1. The highest BCUT2D eigenvalue weighted by Crippen LogP contribution is 2.17. The molecule has 0 spiro atoms. The quantitative estimate of drug-likeness (QED) is 0.561. The van der Waals surface area contributed by atoms with Crippen LogP contribution in [0.5, 0.6) is 5.75 Å². The van der Waals surface area contributed by atoms with Gasteiger partial charge in [0.05, 0.1) is 18.1 Å². The second kappa shape index (κ2) is 10.1. The molecule has 2 aromatic rings. The van der Waals surface area contributed by atoms with Gasteiger partial charge in [0.2, 0.25) is 15.9 Å². The molecule has 0 saturated heterocycles. The highest BCUT2D eigenvalue weighted by molar-refractivity contribution is 7.89. The molecule has 2 aromatic carbocycles. The summed E-state index contributed by atoms with van der Waals surface area (Å²) in [6.45, 7) is 2.14. The predicted molar refractivity (Wildman–Crippen MR) is 102 cm³/mol. The van der Waals surface area contributed by atoms with Gasteiger partial charge in [-0.3, -0.25) is 4.79 Å². The lowest BCUT2D eigenvalue weighted by molar-refractivity contribution is -0.122. The molecule has 0 aliphatic carbocycles. The van der Waals surface area contributed by atoms with Crippen LogP contribution in [0.25, 0.3) is 0 Å². The number of hydrogen-bond donors (Lipinski definition) is 3. The Hall–Kier alpha value is -2.42. The molecule has 27 heavy (non-hydrogen) atoms. The summed E-state index contributed by atoms with van der Waals surface area (Å²) in [6, 6.07) is 14.1. The van der Waals surface area contributed by atoms with Gasteiger partial charge in [0.25, 0.3) is 0 Å². The van der Waals surface area contributed by atoms with E-state index in [0.29, 0.717) is 12.4 Å². The smallest absolute Gasteiger partial charge is 0.241 e. The number of amides is 1. The van der Waals surface area contributed by atoms with E-state index in [1.165, 1.54) is 12.1 Å². The molecule has 0 aliphatic heterocycles. The molecule has 0 aliphatic rings. The molecule has 0 saturated carbocycles. The van der Waals surface area contributed by atoms with Gasteiger partial charge in [-0.15, -0.1) is 0 Å². The number of aliphatic hydroxyl groups is 1. The van der Waals surface area contributed by atoms with Crippen molar-refractivity contribution in [3.8, 4) is 5.75 Å². The van der Waals surface area contributed by atoms with Gasteiger partial charge in [0, 0.05) is 6.54 Å². The molecule has 8 heteroatoms. The second-order valence-electron chi connectivity index (χ2n) is 5.78. The fourth-order valence-electron chi connectivity index (χ4n) is 2.48. The van der Waals surface area contributed by atoms with E-state index in [1.54, 1.807) is 12.1 Å². The maximum Gasteiger partial charge on any atom is 0.241 e. The topological polar surface area (TPSA) is 105 Å². The first-order chi connectivity index (χ1) is 13.0. The van der Waals surface area contributed by atoms with E-state index in [2.05, 4.69) is 10.0 Å². The number of carbonyl (C=O) groups excluding carboxylic acids is 1. The third-order valence-corrected chi connectivity index (χ3v) is 5.24. The van der Waals surface area contributed by atoms with E-state index in [4.69, 9.17) is 9.84 Å². The monoisotopic (exact) mass is 392 g/mol. The fourth-order valence-corrected chi connectivity index (χ4v) is 3.67. The van der Waals surface area contributed by atoms with Crippen molar-refractivity contribution in [1.82, 2.24) is 10.0 Å². The maximum atomic E-state index is 12.7. The third kappa shape index (κ3) is 6.35. The van der Waals surface area contributed by atoms with Crippen molar-refractivity contribution in [2.75, 3.05) is 19.8 Å². The van der Waals surface area contributed by atoms with Gasteiger partial charge in [-0.2, -0.15) is 4.72 Å². The lowest BCUT2D eigenvalue weighted by Gasteiger charge is -2.18. The molecule has 0 unspecified atom stereocenters. The largest absolute Gasteiger partial charge is 0.494 e. The van der Waals surface area contributed by atoms with Crippen LogP contribution in [0.2, 0.25) is 0 Å². The van der Waals surface area contributed by atoms with Gasteiger partial charge in [-0.05, 0) is 43.2 Å². The lowest BCUT2D eigenvalue weighted by atomic mass is 10.1.